The van der Waals surface area contributed by atoms with Crippen LogP contribution in [0, 0.1) is 5.92 Å². The number of ether oxygens (including phenoxy) is 1. The maximum absolute atomic E-state index is 5.75. The molecule has 0 aliphatic carbocycles. The van der Waals surface area contributed by atoms with E-state index in [9.17, 15) is 0 Å². The molecule has 0 fully saturated rings. The summed E-state index contributed by atoms with van der Waals surface area (Å²) in [6, 6.07) is 0.503. The molecule has 0 aromatic carbocycles. The van der Waals surface area contributed by atoms with E-state index in [4.69, 9.17) is 4.74 Å². The standard InChI is InChI=1S/C11H25NO/c1-6-11(12-7-2)10(5)13-8-9(3)4/h9-12H,6-8H2,1-5H3. The Morgan fingerprint density at radius 1 is 1.15 bits per heavy atom. The molecule has 2 heteroatoms. The van der Waals surface area contributed by atoms with E-state index in [-0.39, 0.29) is 0 Å². The summed E-state index contributed by atoms with van der Waals surface area (Å²) in [4.78, 5) is 0. The minimum Gasteiger partial charge on any atom is -0.377 e. The van der Waals surface area contributed by atoms with Crippen LogP contribution < -0.4 is 5.32 Å². The second kappa shape index (κ2) is 7.34. The van der Waals surface area contributed by atoms with Gasteiger partial charge in [0.05, 0.1) is 6.10 Å². The third-order valence-corrected chi connectivity index (χ3v) is 2.17. The van der Waals surface area contributed by atoms with E-state index < -0.39 is 0 Å². The van der Waals surface area contributed by atoms with Gasteiger partial charge in [-0.1, -0.05) is 27.7 Å². The number of hydrogen-bond donors (Lipinski definition) is 1. The lowest BCUT2D eigenvalue weighted by Crippen LogP contribution is -2.39. The molecule has 2 nitrogen and oxygen atoms in total. The van der Waals surface area contributed by atoms with E-state index in [1.54, 1.807) is 0 Å². The summed E-state index contributed by atoms with van der Waals surface area (Å²) in [5.74, 6) is 0.626. The Morgan fingerprint density at radius 2 is 1.77 bits per heavy atom. The largest absolute Gasteiger partial charge is 0.377 e. The Balaban J connectivity index is 3.69. The highest BCUT2D eigenvalue weighted by molar-refractivity contribution is 4.71. The normalized spacial score (nSPS) is 16.2. The van der Waals surface area contributed by atoms with Gasteiger partial charge in [0.2, 0.25) is 0 Å². The first-order chi connectivity index (χ1) is 6.11. The zero-order valence-electron chi connectivity index (χ0n) is 9.76. The highest BCUT2D eigenvalue weighted by Crippen LogP contribution is 2.05. The lowest BCUT2D eigenvalue weighted by Gasteiger charge is -2.24. The van der Waals surface area contributed by atoms with Crippen LogP contribution in [0.2, 0.25) is 0 Å². The lowest BCUT2D eigenvalue weighted by atomic mass is 10.1. The second-order valence-electron chi connectivity index (χ2n) is 4.00. The van der Waals surface area contributed by atoms with Crippen LogP contribution in [-0.4, -0.2) is 25.3 Å². The SMILES string of the molecule is CCNC(CC)C(C)OCC(C)C. The third kappa shape index (κ3) is 6.05. The smallest absolute Gasteiger partial charge is 0.0699 e. The molecule has 80 valence electrons. The third-order valence-electron chi connectivity index (χ3n) is 2.17. The molecule has 2 atom stereocenters. The van der Waals surface area contributed by atoms with Crippen molar-refractivity contribution < 1.29 is 4.74 Å². The average Bonchev–Trinajstić information content (AvgIpc) is 2.10. The van der Waals surface area contributed by atoms with Crippen LogP contribution in [0.1, 0.15) is 41.0 Å². The van der Waals surface area contributed by atoms with Crippen molar-refractivity contribution in [3.05, 3.63) is 0 Å². The first-order valence-corrected chi connectivity index (χ1v) is 5.46. The maximum atomic E-state index is 5.75. The zero-order chi connectivity index (χ0) is 10.3. The van der Waals surface area contributed by atoms with Crippen molar-refractivity contribution in [2.45, 2.75) is 53.2 Å². The molecular weight excluding hydrogens is 162 g/mol. The van der Waals surface area contributed by atoms with Gasteiger partial charge in [0.1, 0.15) is 0 Å². The topological polar surface area (TPSA) is 21.3 Å². The van der Waals surface area contributed by atoms with Crippen LogP contribution in [0.4, 0.5) is 0 Å². The first-order valence-electron chi connectivity index (χ1n) is 5.46. The Hall–Kier alpha value is -0.0800. The van der Waals surface area contributed by atoms with Crippen LogP contribution in [-0.2, 0) is 4.74 Å². The quantitative estimate of drug-likeness (QED) is 0.661. The number of nitrogens with one attached hydrogen (secondary N) is 1. The molecule has 0 saturated carbocycles. The Bertz CT molecular complexity index is 115. The van der Waals surface area contributed by atoms with E-state index in [1.165, 1.54) is 0 Å². The molecule has 0 bridgehead atoms. The van der Waals surface area contributed by atoms with E-state index in [0.717, 1.165) is 19.6 Å². The highest BCUT2D eigenvalue weighted by atomic mass is 16.5. The molecule has 0 aliphatic heterocycles. The van der Waals surface area contributed by atoms with Crippen molar-refractivity contribution in [1.29, 1.82) is 0 Å². The molecule has 13 heavy (non-hydrogen) atoms. The van der Waals surface area contributed by atoms with Crippen LogP contribution in [0.3, 0.4) is 0 Å². The monoisotopic (exact) mass is 187 g/mol. The van der Waals surface area contributed by atoms with Crippen molar-refractivity contribution in [2.24, 2.45) is 5.92 Å². The average molecular weight is 187 g/mol. The minimum absolute atomic E-state index is 0.326. The molecule has 0 aromatic rings. The van der Waals surface area contributed by atoms with Gasteiger partial charge in [0, 0.05) is 12.6 Å². The minimum atomic E-state index is 0.326. The van der Waals surface area contributed by atoms with Gasteiger partial charge in [-0.05, 0) is 25.8 Å². The predicted molar refractivity (Wildman–Crippen MR) is 58.0 cm³/mol. The van der Waals surface area contributed by atoms with Crippen molar-refractivity contribution in [1.82, 2.24) is 5.32 Å². The van der Waals surface area contributed by atoms with Gasteiger partial charge < -0.3 is 10.1 Å². The zero-order valence-corrected chi connectivity index (χ0v) is 9.76. The van der Waals surface area contributed by atoms with Crippen molar-refractivity contribution in [3.8, 4) is 0 Å². The Kier molecular flexibility index (Phi) is 7.29. The van der Waals surface area contributed by atoms with E-state index >= 15 is 0 Å². The van der Waals surface area contributed by atoms with Gasteiger partial charge in [0.15, 0.2) is 0 Å². The molecule has 0 saturated heterocycles. The molecular formula is C11H25NO. The summed E-state index contributed by atoms with van der Waals surface area (Å²) < 4.78 is 5.75. The summed E-state index contributed by atoms with van der Waals surface area (Å²) in [6.07, 6.45) is 1.46. The van der Waals surface area contributed by atoms with Gasteiger partial charge in [-0.25, -0.2) is 0 Å². The fourth-order valence-electron chi connectivity index (χ4n) is 1.36. The molecule has 1 N–H and O–H groups in total. The van der Waals surface area contributed by atoms with E-state index in [0.29, 0.717) is 18.1 Å². The first kappa shape index (κ1) is 12.9. The summed E-state index contributed by atoms with van der Waals surface area (Å²) in [6.45, 7) is 12.7. The summed E-state index contributed by atoms with van der Waals surface area (Å²) in [5.41, 5.74) is 0. The van der Waals surface area contributed by atoms with Gasteiger partial charge >= 0.3 is 0 Å². The van der Waals surface area contributed by atoms with Crippen molar-refractivity contribution >= 4 is 0 Å². The van der Waals surface area contributed by atoms with Gasteiger partial charge in [0.25, 0.3) is 0 Å². The molecule has 0 heterocycles. The molecule has 0 spiro atoms. The summed E-state index contributed by atoms with van der Waals surface area (Å²) in [5, 5.41) is 3.43. The number of rotatable bonds is 7. The summed E-state index contributed by atoms with van der Waals surface area (Å²) >= 11 is 0. The van der Waals surface area contributed by atoms with Crippen molar-refractivity contribution in [2.75, 3.05) is 13.2 Å². The maximum Gasteiger partial charge on any atom is 0.0699 e. The Labute approximate surface area is 83.1 Å². The van der Waals surface area contributed by atoms with Gasteiger partial charge in [-0.15, -0.1) is 0 Å². The molecule has 2 unspecified atom stereocenters. The molecule has 0 rings (SSSR count). The van der Waals surface area contributed by atoms with Crippen LogP contribution in [0.5, 0.6) is 0 Å². The highest BCUT2D eigenvalue weighted by Gasteiger charge is 2.14. The van der Waals surface area contributed by atoms with Crippen LogP contribution >= 0.6 is 0 Å². The fraction of sp³-hybridized carbons (Fsp3) is 1.00. The van der Waals surface area contributed by atoms with Gasteiger partial charge in [-0.3, -0.25) is 0 Å². The van der Waals surface area contributed by atoms with Gasteiger partial charge in [-0.2, -0.15) is 0 Å². The predicted octanol–water partition coefficient (Wildman–Crippen LogP) is 2.44. The number of hydrogen-bond acceptors (Lipinski definition) is 2. The molecule has 0 radical (unpaired) electrons. The van der Waals surface area contributed by atoms with E-state index in [1.807, 2.05) is 0 Å². The Morgan fingerprint density at radius 3 is 2.15 bits per heavy atom. The summed E-state index contributed by atoms with van der Waals surface area (Å²) in [7, 11) is 0. The van der Waals surface area contributed by atoms with Crippen LogP contribution in [0.15, 0.2) is 0 Å². The van der Waals surface area contributed by atoms with Crippen LogP contribution in [0.25, 0.3) is 0 Å². The molecule has 0 amide bonds. The molecule has 0 aliphatic rings. The molecule has 0 aromatic heterocycles. The van der Waals surface area contributed by atoms with E-state index in [2.05, 4.69) is 39.9 Å². The van der Waals surface area contributed by atoms with Crippen molar-refractivity contribution in [3.63, 3.8) is 0 Å². The fourth-order valence-corrected chi connectivity index (χ4v) is 1.36. The number of likely N-dealkylation sites (N-methyl/N-ethyl adjacent to an activating group) is 1. The second-order valence-corrected chi connectivity index (χ2v) is 4.00. The lowest BCUT2D eigenvalue weighted by molar-refractivity contribution is 0.0228.